The molecule has 0 radical (unpaired) electrons. The molecule has 2 rings (SSSR count). The lowest BCUT2D eigenvalue weighted by Gasteiger charge is -2.21. The van der Waals surface area contributed by atoms with Crippen LogP contribution < -0.4 is 5.32 Å². The first-order valence-electron chi connectivity index (χ1n) is 4.38. The summed E-state index contributed by atoms with van der Waals surface area (Å²) in [6, 6.07) is 0. The number of piperidine rings is 1. The molecule has 1 unspecified atom stereocenters. The van der Waals surface area contributed by atoms with Gasteiger partial charge in [-0.1, -0.05) is 0 Å². The van der Waals surface area contributed by atoms with Crippen LogP contribution in [0.15, 0.2) is 6.33 Å². The standard InChI is InChI=1S/C8H12N4O/c1-12-8(10-5-11-12)6-2-3-7(13)9-4-6/h5-6H,2-4H2,1H3,(H,9,13). The van der Waals surface area contributed by atoms with Gasteiger partial charge in [-0.3, -0.25) is 9.48 Å². The molecule has 1 fully saturated rings. The number of hydrogen-bond donors (Lipinski definition) is 1. The van der Waals surface area contributed by atoms with Crippen molar-refractivity contribution in [2.75, 3.05) is 6.54 Å². The Bertz CT molecular complexity index is 310. The molecule has 5 heteroatoms. The second kappa shape index (κ2) is 3.16. The maximum Gasteiger partial charge on any atom is 0.220 e. The number of carbonyl (C=O) groups is 1. The fraction of sp³-hybridized carbons (Fsp3) is 0.625. The molecular formula is C8H12N4O. The largest absolute Gasteiger partial charge is 0.355 e. The van der Waals surface area contributed by atoms with Crippen molar-refractivity contribution in [3.05, 3.63) is 12.2 Å². The Morgan fingerprint density at radius 3 is 3.08 bits per heavy atom. The predicted molar refractivity (Wildman–Crippen MR) is 46.0 cm³/mol. The van der Waals surface area contributed by atoms with Gasteiger partial charge in [-0.05, 0) is 6.42 Å². The van der Waals surface area contributed by atoms with Crippen LogP contribution in [0.1, 0.15) is 24.6 Å². The molecule has 13 heavy (non-hydrogen) atoms. The number of rotatable bonds is 1. The summed E-state index contributed by atoms with van der Waals surface area (Å²) in [5, 5.41) is 6.83. The van der Waals surface area contributed by atoms with E-state index in [2.05, 4.69) is 15.4 Å². The highest BCUT2D eigenvalue weighted by Crippen LogP contribution is 2.20. The predicted octanol–water partition coefficient (Wildman–Crippen LogP) is -0.191. The van der Waals surface area contributed by atoms with Gasteiger partial charge in [-0.15, -0.1) is 0 Å². The summed E-state index contributed by atoms with van der Waals surface area (Å²) in [7, 11) is 1.87. The number of carbonyl (C=O) groups excluding carboxylic acids is 1. The van der Waals surface area contributed by atoms with Crippen LogP contribution in [0.3, 0.4) is 0 Å². The van der Waals surface area contributed by atoms with Crippen LogP contribution in [-0.4, -0.2) is 27.2 Å². The van der Waals surface area contributed by atoms with Crippen molar-refractivity contribution in [3.8, 4) is 0 Å². The Morgan fingerprint density at radius 2 is 2.54 bits per heavy atom. The minimum atomic E-state index is 0.137. The number of aryl methyl sites for hydroxylation is 1. The highest BCUT2D eigenvalue weighted by Gasteiger charge is 2.22. The van der Waals surface area contributed by atoms with E-state index in [0.717, 1.165) is 12.2 Å². The molecule has 1 atom stereocenters. The van der Waals surface area contributed by atoms with Crippen molar-refractivity contribution >= 4 is 5.91 Å². The smallest absolute Gasteiger partial charge is 0.220 e. The maximum atomic E-state index is 10.9. The second-order valence-electron chi connectivity index (χ2n) is 3.28. The topological polar surface area (TPSA) is 59.8 Å². The average molecular weight is 180 g/mol. The molecule has 1 aliphatic rings. The first-order chi connectivity index (χ1) is 6.27. The van der Waals surface area contributed by atoms with Crippen LogP contribution in [0.4, 0.5) is 0 Å². The van der Waals surface area contributed by atoms with E-state index < -0.39 is 0 Å². The highest BCUT2D eigenvalue weighted by molar-refractivity contribution is 5.76. The summed E-state index contributed by atoms with van der Waals surface area (Å²) in [5.41, 5.74) is 0. The lowest BCUT2D eigenvalue weighted by Crippen LogP contribution is -2.34. The van der Waals surface area contributed by atoms with Gasteiger partial charge in [0.2, 0.25) is 5.91 Å². The summed E-state index contributed by atoms with van der Waals surface area (Å²) >= 11 is 0. The van der Waals surface area contributed by atoms with E-state index in [1.165, 1.54) is 0 Å². The van der Waals surface area contributed by atoms with E-state index >= 15 is 0 Å². The molecule has 1 amide bonds. The van der Waals surface area contributed by atoms with Gasteiger partial charge in [-0.2, -0.15) is 5.10 Å². The Labute approximate surface area is 76.2 Å². The van der Waals surface area contributed by atoms with Gasteiger partial charge in [-0.25, -0.2) is 4.98 Å². The minimum absolute atomic E-state index is 0.137. The molecule has 1 aromatic heterocycles. The number of hydrogen-bond acceptors (Lipinski definition) is 3. The van der Waals surface area contributed by atoms with Gasteiger partial charge in [0.25, 0.3) is 0 Å². The van der Waals surface area contributed by atoms with Gasteiger partial charge in [0.05, 0.1) is 0 Å². The zero-order valence-corrected chi connectivity index (χ0v) is 7.53. The summed E-state index contributed by atoms with van der Waals surface area (Å²) in [6.45, 7) is 0.686. The van der Waals surface area contributed by atoms with Gasteiger partial charge in [0.1, 0.15) is 12.2 Å². The van der Waals surface area contributed by atoms with Crippen LogP contribution >= 0.6 is 0 Å². The number of nitrogens with one attached hydrogen (secondary N) is 1. The van der Waals surface area contributed by atoms with Gasteiger partial charge < -0.3 is 5.32 Å². The van der Waals surface area contributed by atoms with Crippen LogP contribution in [0.2, 0.25) is 0 Å². The van der Waals surface area contributed by atoms with E-state index in [-0.39, 0.29) is 5.91 Å². The van der Waals surface area contributed by atoms with Crippen molar-refractivity contribution < 1.29 is 4.79 Å². The molecule has 2 heterocycles. The molecule has 1 aliphatic heterocycles. The van der Waals surface area contributed by atoms with Crippen LogP contribution in [0.5, 0.6) is 0 Å². The third-order valence-corrected chi connectivity index (χ3v) is 2.38. The monoisotopic (exact) mass is 180 g/mol. The van der Waals surface area contributed by atoms with E-state index in [0.29, 0.717) is 18.9 Å². The molecule has 1 N–H and O–H groups in total. The number of aromatic nitrogens is 3. The van der Waals surface area contributed by atoms with Crippen LogP contribution in [0.25, 0.3) is 0 Å². The Balaban J connectivity index is 2.10. The minimum Gasteiger partial charge on any atom is -0.355 e. The fourth-order valence-electron chi connectivity index (χ4n) is 1.63. The second-order valence-corrected chi connectivity index (χ2v) is 3.28. The van der Waals surface area contributed by atoms with Crippen LogP contribution in [0, 0.1) is 0 Å². The maximum absolute atomic E-state index is 10.9. The summed E-state index contributed by atoms with van der Waals surface area (Å²) in [6.07, 6.45) is 3.02. The van der Waals surface area contributed by atoms with Gasteiger partial charge in [0.15, 0.2) is 0 Å². The molecule has 70 valence electrons. The van der Waals surface area contributed by atoms with E-state index in [1.807, 2.05) is 7.05 Å². The third kappa shape index (κ3) is 1.54. The molecule has 1 aromatic rings. The lowest BCUT2D eigenvalue weighted by molar-refractivity contribution is -0.122. The van der Waals surface area contributed by atoms with Crippen molar-refractivity contribution in [3.63, 3.8) is 0 Å². The fourth-order valence-corrected chi connectivity index (χ4v) is 1.63. The van der Waals surface area contributed by atoms with Crippen molar-refractivity contribution in [1.29, 1.82) is 0 Å². The van der Waals surface area contributed by atoms with E-state index in [4.69, 9.17) is 0 Å². The molecule has 5 nitrogen and oxygen atoms in total. The average Bonchev–Trinajstić information content (AvgIpc) is 2.53. The Hall–Kier alpha value is -1.39. The Morgan fingerprint density at radius 1 is 1.69 bits per heavy atom. The number of amides is 1. The summed E-state index contributed by atoms with van der Waals surface area (Å²) < 4.78 is 1.77. The Kier molecular flexibility index (Phi) is 2.00. The van der Waals surface area contributed by atoms with E-state index in [1.54, 1.807) is 11.0 Å². The molecule has 0 saturated carbocycles. The molecular weight excluding hydrogens is 168 g/mol. The van der Waals surface area contributed by atoms with Crippen molar-refractivity contribution in [2.45, 2.75) is 18.8 Å². The quantitative estimate of drug-likeness (QED) is 0.651. The highest BCUT2D eigenvalue weighted by atomic mass is 16.1. The van der Waals surface area contributed by atoms with Crippen molar-refractivity contribution in [2.24, 2.45) is 7.05 Å². The first kappa shape index (κ1) is 8.22. The summed E-state index contributed by atoms with van der Waals surface area (Å²) in [4.78, 5) is 15.1. The molecule has 0 aromatic carbocycles. The van der Waals surface area contributed by atoms with E-state index in [9.17, 15) is 4.79 Å². The van der Waals surface area contributed by atoms with Crippen molar-refractivity contribution in [1.82, 2.24) is 20.1 Å². The SMILES string of the molecule is Cn1ncnc1C1CCC(=O)NC1. The molecule has 0 bridgehead atoms. The summed E-state index contributed by atoms with van der Waals surface area (Å²) in [5.74, 6) is 1.42. The number of nitrogens with zero attached hydrogens (tertiary/aromatic N) is 3. The molecule has 1 saturated heterocycles. The van der Waals surface area contributed by atoms with Gasteiger partial charge in [0, 0.05) is 25.9 Å². The first-order valence-corrected chi connectivity index (χ1v) is 4.38. The van der Waals surface area contributed by atoms with Crippen LogP contribution in [-0.2, 0) is 11.8 Å². The normalized spacial score (nSPS) is 22.8. The van der Waals surface area contributed by atoms with Gasteiger partial charge >= 0.3 is 0 Å². The zero-order chi connectivity index (χ0) is 9.26. The molecule has 0 aliphatic carbocycles. The lowest BCUT2D eigenvalue weighted by atomic mass is 9.98. The third-order valence-electron chi connectivity index (χ3n) is 2.38. The molecule has 0 spiro atoms. The zero-order valence-electron chi connectivity index (χ0n) is 7.53.